The van der Waals surface area contributed by atoms with Crippen molar-refractivity contribution in [2.75, 3.05) is 0 Å². The lowest BCUT2D eigenvalue weighted by Gasteiger charge is -2.06. The van der Waals surface area contributed by atoms with Gasteiger partial charge in [0.25, 0.3) is 0 Å². The molecule has 0 saturated carbocycles. The molecule has 0 heterocycles. The number of hydrogen-bond acceptors (Lipinski definition) is 1. The summed E-state index contributed by atoms with van der Waals surface area (Å²) < 4.78 is 7.79. The summed E-state index contributed by atoms with van der Waals surface area (Å²) in [5, 5.41) is 0. The van der Waals surface area contributed by atoms with Gasteiger partial charge in [-0.2, -0.15) is 0 Å². The zero-order valence-corrected chi connectivity index (χ0v) is 11.7. The first-order chi connectivity index (χ1) is 7.74. The summed E-state index contributed by atoms with van der Waals surface area (Å²) in [5.74, 6) is 0.881. The predicted molar refractivity (Wildman–Crippen MR) is 72.6 cm³/mol. The van der Waals surface area contributed by atoms with Gasteiger partial charge in [0.05, 0.1) is 0 Å². The lowest BCUT2D eigenvalue weighted by atomic mass is 10.2. The molecule has 0 spiro atoms. The van der Waals surface area contributed by atoms with Crippen molar-refractivity contribution in [3.63, 3.8) is 0 Å². The molecule has 2 aromatic carbocycles. The van der Waals surface area contributed by atoms with Crippen LogP contribution in [-0.4, -0.2) is 0 Å². The number of benzene rings is 2. The average Bonchev–Trinajstić information content (AvgIpc) is 2.30. The van der Waals surface area contributed by atoms with Crippen molar-refractivity contribution in [2.45, 2.75) is 6.61 Å². The van der Waals surface area contributed by atoms with E-state index in [9.17, 15) is 0 Å². The van der Waals surface area contributed by atoms with Crippen LogP contribution in [0, 0.1) is 0 Å². The molecule has 0 fully saturated rings. The Kier molecular flexibility index (Phi) is 4.02. The van der Waals surface area contributed by atoms with Crippen molar-refractivity contribution in [1.82, 2.24) is 0 Å². The van der Waals surface area contributed by atoms with E-state index < -0.39 is 0 Å². The summed E-state index contributed by atoms with van der Waals surface area (Å²) in [6.45, 7) is 0.592. The first kappa shape index (κ1) is 11.7. The third-order valence-electron chi connectivity index (χ3n) is 2.13. The molecule has 0 radical (unpaired) electrons. The molecule has 3 heteroatoms. The molecule has 1 nitrogen and oxygen atoms in total. The summed E-state index contributed by atoms with van der Waals surface area (Å²) in [4.78, 5) is 0. The summed E-state index contributed by atoms with van der Waals surface area (Å²) in [6.07, 6.45) is 0. The molecule has 0 aliphatic heterocycles. The minimum absolute atomic E-state index is 0.592. The molecule has 16 heavy (non-hydrogen) atoms. The Morgan fingerprint density at radius 1 is 0.750 bits per heavy atom. The maximum absolute atomic E-state index is 5.65. The number of rotatable bonds is 3. The molecule has 0 bridgehead atoms. The summed E-state index contributed by atoms with van der Waals surface area (Å²) in [7, 11) is 0. The fourth-order valence-corrected chi connectivity index (χ4v) is 1.81. The second-order valence-electron chi connectivity index (χ2n) is 3.37. The highest BCUT2D eigenvalue weighted by molar-refractivity contribution is 9.10. The van der Waals surface area contributed by atoms with Gasteiger partial charge in [0.1, 0.15) is 12.4 Å². The maximum atomic E-state index is 5.65. The topological polar surface area (TPSA) is 9.23 Å². The van der Waals surface area contributed by atoms with Gasteiger partial charge in [-0.25, -0.2) is 0 Å². The van der Waals surface area contributed by atoms with Crippen LogP contribution in [-0.2, 0) is 6.61 Å². The first-order valence-electron chi connectivity index (χ1n) is 4.87. The molecule has 2 rings (SSSR count). The normalized spacial score (nSPS) is 10.1. The highest BCUT2D eigenvalue weighted by Gasteiger charge is 1.96. The second kappa shape index (κ2) is 5.51. The van der Waals surface area contributed by atoms with Crippen LogP contribution in [0.1, 0.15) is 5.56 Å². The highest BCUT2D eigenvalue weighted by Crippen LogP contribution is 2.18. The fraction of sp³-hybridized carbons (Fsp3) is 0.0769. The minimum Gasteiger partial charge on any atom is -0.489 e. The Labute approximate surface area is 112 Å². The van der Waals surface area contributed by atoms with E-state index in [-0.39, 0.29) is 0 Å². The van der Waals surface area contributed by atoms with Crippen molar-refractivity contribution in [3.8, 4) is 5.75 Å². The van der Waals surface area contributed by atoms with E-state index >= 15 is 0 Å². The summed E-state index contributed by atoms with van der Waals surface area (Å²) in [6, 6.07) is 16.0. The van der Waals surface area contributed by atoms with Crippen molar-refractivity contribution in [3.05, 3.63) is 63.0 Å². The summed E-state index contributed by atoms with van der Waals surface area (Å²) >= 11 is 6.79. The van der Waals surface area contributed by atoms with Gasteiger partial charge in [0.15, 0.2) is 0 Å². The van der Waals surface area contributed by atoms with Gasteiger partial charge >= 0.3 is 0 Å². The van der Waals surface area contributed by atoms with Gasteiger partial charge < -0.3 is 4.74 Å². The van der Waals surface area contributed by atoms with E-state index in [1.54, 1.807) is 0 Å². The molecule has 0 aromatic heterocycles. The molecule has 0 aliphatic rings. The maximum Gasteiger partial charge on any atom is 0.119 e. The zero-order valence-electron chi connectivity index (χ0n) is 8.49. The Morgan fingerprint density at radius 2 is 1.25 bits per heavy atom. The van der Waals surface area contributed by atoms with Crippen molar-refractivity contribution in [1.29, 1.82) is 0 Å². The molecule has 2 aromatic rings. The third kappa shape index (κ3) is 3.35. The highest BCUT2D eigenvalue weighted by atomic mass is 79.9. The van der Waals surface area contributed by atoms with Crippen LogP contribution < -0.4 is 4.74 Å². The van der Waals surface area contributed by atoms with Crippen molar-refractivity contribution in [2.24, 2.45) is 0 Å². The molecular weight excluding hydrogens is 332 g/mol. The van der Waals surface area contributed by atoms with Gasteiger partial charge in [-0.05, 0) is 42.0 Å². The largest absolute Gasteiger partial charge is 0.489 e. The number of ether oxygens (including phenoxy) is 1. The van der Waals surface area contributed by atoms with Crippen LogP contribution >= 0.6 is 31.9 Å². The number of halogens is 2. The van der Waals surface area contributed by atoms with Crippen LogP contribution in [0.15, 0.2) is 57.5 Å². The molecule has 0 saturated heterocycles. The van der Waals surface area contributed by atoms with E-state index in [1.165, 1.54) is 0 Å². The second-order valence-corrected chi connectivity index (χ2v) is 5.20. The first-order valence-corrected chi connectivity index (χ1v) is 6.45. The van der Waals surface area contributed by atoms with E-state index in [1.807, 2.05) is 48.5 Å². The average molecular weight is 342 g/mol. The quantitative estimate of drug-likeness (QED) is 0.779. The van der Waals surface area contributed by atoms with Gasteiger partial charge in [-0.1, -0.05) is 44.0 Å². The van der Waals surface area contributed by atoms with Crippen LogP contribution in [0.4, 0.5) is 0 Å². The molecule has 0 amide bonds. The number of hydrogen-bond donors (Lipinski definition) is 0. The van der Waals surface area contributed by atoms with Crippen LogP contribution in [0.2, 0.25) is 0 Å². The van der Waals surface area contributed by atoms with Crippen molar-refractivity contribution < 1.29 is 4.74 Å². The molecular formula is C13H10Br2O. The van der Waals surface area contributed by atoms with E-state index in [0.717, 1.165) is 20.3 Å². The predicted octanol–water partition coefficient (Wildman–Crippen LogP) is 4.79. The third-order valence-corrected chi connectivity index (χ3v) is 3.19. The van der Waals surface area contributed by atoms with Crippen LogP contribution in [0.25, 0.3) is 0 Å². The monoisotopic (exact) mass is 340 g/mol. The smallest absolute Gasteiger partial charge is 0.119 e. The van der Waals surface area contributed by atoms with Gasteiger partial charge in [-0.3, -0.25) is 0 Å². The van der Waals surface area contributed by atoms with Gasteiger partial charge in [0.2, 0.25) is 0 Å². The van der Waals surface area contributed by atoms with Gasteiger partial charge in [-0.15, -0.1) is 0 Å². The lowest BCUT2D eigenvalue weighted by Crippen LogP contribution is -1.94. The zero-order chi connectivity index (χ0) is 11.4. The Bertz CT molecular complexity index is 403. The summed E-state index contributed by atoms with van der Waals surface area (Å²) in [5.41, 5.74) is 1.16. The van der Waals surface area contributed by atoms with Crippen LogP contribution in [0.3, 0.4) is 0 Å². The molecule has 0 N–H and O–H groups in total. The Morgan fingerprint density at radius 3 is 1.81 bits per heavy atom. The Hall–Kier alpha value is -0.800. The molecule has 0 unspecified atom stereocenters. The molecule has 0 aliphatic carbocycles. The minimum atomic E-state index is 0.592. The van der Waals surface area contributed by atoms with E-state index in [0.29, 0.717) is 6.61 Å². The van der Waals surface area contributed by atoms with Gasteiger partial charge in [0, 0.05) is 8.95 Å². The van der Waals surface area contributed by atoms with Crippen LogP contribution in [0.5, 0.6) is 5.75 Å². The Balaban J connectivity index is 1.97. The van der Waals surface area contributed by atoms with E-state index in [4.69, 9.17) is 4.74 Å². The van der Waals surface area contributed by atoms with Crippen molar-refractivity contribution >= 4 is 31.9 Å². The standard InChI is InChI=1S/C13H10Br2O/c14-11-3-1-10(2-4-11)9-16-13-7-5-12(15)6-8-13/h1-8H,9H2. The molecule has 0 atom stereocenters. The fourth-order valence-electron chi connectivity index (χ4n) is 1.28. The van der Waals surface area contributed by atoms with E-state index in [2.05, 4.69) is 31.9 Å². The lowest BCUT2D eigenvalue weighted by molar-refractivity contribution is 0.306. The molecule has 82 valence electrons. The SMILES string of the molecule is Brc1ccc(COc2ccc(Br)cc2)cc1.